The molecule has 0 radical (unpaired) electrons. The first-order valence-corrected chi connectivity index (χ1v) is 6.84. The Morgan fingerprint density at radius 2 is 2.06 bits per heavy atom. The predicted molar refractivity (Wildman–Crippen MR) is 69.0 cm³/mol. The molecule has 1 fully saturated rings. The molecule has 0 aromatic heterocycles. The first-order valence-electron chi connectivity index (χ1n) is 6.84. The van der Waals surface area contributed by atoms with Gasteiger partial charge in [-0.1, -0.05) is 31.2 Å². The maximum Gasteiger partial charge on any atom is 0.136 e. The van der Waals surface area contributed by atoms with E-state index in [1.54, 1.807) is 0 Å². The minimum Gasteiger partial charge on any atom is -0.299 e. The van der Waals surface area contributed by atoms with E-state index < -0.39 is 0 Å². The van der Waals surface area contributed by atoms with E-state index in [0.29, 0.717) is 17.6 Å². The van der Waals surface area contributed by atoms with Crippen LogP contribution < -0.4 is 0 Å². The van der Waals surface area contributed by atoms with Crippen LogP contribution in [0.2, 0.25) is 0 Å². The number of ketones is 1. The van der Waals surface area contributed by atoms with Crippen LogP contribution in [-0.2, 0) is 11.2 Å². The highest BCUT2D eigenvalue weighted by Gasteiger charge is 2.33. The highest BCUT2D eigenvalue weighted by molar-refractivity contribution is 5.81. The molecule has 0 saturated heterocycles. The fourth-order valence-corrected chi connectivity index (χ4v) is 3.47. The molecule has 1 heteroatoms. The summed E-state index contributed by atoms with van der Waals surface area (Å²) in [5, 5.41) is 0. The van der Waals surface area contributed by atoms with Crippen molar-refractivity contribution in [1.82, 2.24) is 0 Å². The summed E-state index contributed by atoms with van der Waals surface area (Å²) in [7, 11) is 0. The van der Waals surface area contributed by atoms with Crippen LogP contribution in [0.25, 0.3) is 0 Å². The Labute approximate surface area is 103 Å². The number of benzene rings is 1. The first-order chi connectivity index (χ1) is 8.24. The average Bonchev–Trinajstić information content (AvgIpc) is 2.30. The van der Waals surface area contributed by atoms with Crippen LogP contribution in [0.4, 0.5) is 0 Å². The van der Waals surface area contributed by atoms with Crippen LogP contribution in [0.5, 0.6) is 0 Å². The molecule has 1 nitrogen and oxygen atoms in total. The molecule has 2 aliphatic carbocycles. The Bertz CT molecular complexity index is 435. The molecule has 3 atom stereocenters. The lowest BCUT2D eigenvalue weighted by Gasteiger charge is -2.35. The zero-order chi connectivity index (χ0) is 11.8. The first kappa shape index (κ1) is 11.0. The summed E-state index contributed by atoms with van der Waals surface area (Å²) >= 11 is 0. The Balaban J connectivity index is 1.67. The molecule has 17 heavy (non-hydrogen) atoms. The van der Waals surface area contributed by atoms with Gasteiger partial charge in [0.1, 0.15) is 5.78 Å². The fourth-order valence-electron chi connectivity index (χ4n) is 3.47. The van der Waals surface area contributed by atoms with E-state index in [1.165, 1.54) is 17.5 Å². The van der Waals surface area contributed by atoms with E-state index in [1.807, 2.05) is 0 Å². The number of fused-ring (bicyclic) bond motifs is 1. The molecular weight excluding hydrogens is 208 g/mol. The molecule has 1 saturated carbocycles. The summed E-state index contributed by atoms with van der Waals surface area (Å²) in [5.74, 6) is 2.27. The second kappa shape index (κ2) is 4.29. The van der Waals surface area contributed by atoms with E-state index in [9.17, 15) is 4.79 Å². The van der Waals surface area contributed by atoms with Crippen LogP contribution in [0.15, 0.2) is 24.3 Å². The normalized spacial score (nSPS) is 31.8. The third-order valence-corrected chi connectivity index (χ3v) is 4.56. The highest BCUT2D eigenvalue weighted by Crippen LogP contribution is 2.42. The molecule has 3 rings (SSSR count). The van der Waals surface area contributed by atoms with Crippen LogP contribution in [-0.4, -0.2) is 5.78 Å². The zero-order valence-corrected chi connectivity index (χ0v) is 10.5. The van der Waals surface area contributed by atoms with Crippen molar-refractivity contribution in [3.63, 3.8) is 0 Å². The van der Waals surface area contributed by atoms with Crippen molar-refractivity contribution < 1.29 is 4.79 Å². The summed E-state index contributed by atoms with van der Waals surface area (Å²) < 4.78 is 0. The van der Waals surface area contributed by atoms with E-state index >= 15 is 0 Å². The van der Waals surface area contributed by atoms with E-state index in [0.717, 1.165) is 31.6 Å². The van der Waals surface area contributed by atoms with Gasteiger partial charge in [-0.05, 0) is 48.6 Å². The van der Waals surface area contributed by atoms with Gasteiger partial charge >= 0.3 is 0 Å². The maximum atomic E-state index is 11.9. The number of Topliss-reactive ketones (excluding diaryl/α,β-unsaturated/α-hetero) is 1. The summed E-state index contributed by atoms with van der Waals surface area (Å²) in [6.45, 7) is 2.29. The summed E-state index contributed by atoms with van der Waals surface area (Å²) in [6, 6.07) is 8.69. The standard InChI is InChI=1S/C16H20O/c1-11-6-7-16(17)14(8-11)10-13-9-12-4-2-3-5-15(12)13/h2-5,11,13-14H,6-10H2,1H3. The SMILES string of the molecule is CC1CCC(=O)C(CC2Cc3ccccc32)C1. The topological polar surface area (TPSA) is 17.1 Å². The second-order valence-corrected chi connectivity index (χ2v) is 5.88. The van der Waals surface area contributed by atoms with E-state index in [-0.39, 0.29) is 0 Å². The van der Waals surface area contributed by atoms with Crippen LogP contribution in [0, 0.1) is 11.8 Å². The molecule has 0 heterocycles. The summed E-state index contributed by atoms with van der Waals surface area (Å²) in [6.07, 6.45) is 5.34. The van der Waals surface area contributed by atoms with Gasteiger partial charge in [0, 0.05) is 12.3 Å². The van der Waals surface area contributed by atoms with Crippen molar-refractivity contribution in [1.29, 1.82) is 0 Å². The van der Waals surface area contributed by atoms with Crippen molar-refractivity contribution in [2.45, 2.75) is 44.9 Å². The Hall–Kier alpha value is -1.11. The van der Waals surface area contributed by atoms with Crippen molar-refractivity contribution in [3.8, 4) is 0 Å². The van der Waals surface area contributed by atoms with Crippen LogP contribution >= 0.6 is 0 Å². The van der Waals surface area contributed by atoms with Crippen LogP contribution in [0.1, 0.15) is 49.7 Å². The van der Waals surface area contributed by atoms with Gasteiger partial charge < -0.3 is 0 Å². The quantitative estimate of drug-likeness (QED) is 0.754. The zero-order valence-electron chi connectivity index (χ0n) is 10.5. The molecule has 1 aromatic carbocycles. The summed E-state index contributed by atoms with van der Waals surface area (Å²) in [4.78, 5) is 11.9. The Morgan fingerprint density at radius 3 is 2.88 bits per heavy atom. The van der Waals surface area contributed by atoms with Gasteiger partial charge in [-0.15, -0.1) is 0 Å². The molecule has 1 aromatic rings. The molecular formula is C16H20O. The number of hydrogen-bond donors (Lipinski definition) is 0. The Morgan fingerprint density at radius 1 is 1.24 bits per heavy atom. The van der Waals surface area contributed by atoms with Gasteiger partial charge in [-0.25, -0.2) is 0 Å². The average molecular weight is 228 g/mol. The largest absolute Gasteiger partial charge is 0.299 e. The van der Waals surface area contributed by atoms with Crippen molar-refractivity contribution >= 4 is 5.78 Å². The van der Waals surface area contributed by atoms with Gasteiger partial charge in [0.05, 0.1) is 0 Å². The second-order valence-electron chi connectivity index (χ2n) is 5.88. The van der Waals surface area contributed by atoms with Crippen molar-refractivity contribution in [2.75, 3.05) is 0 Å². The maximum absolute atomic E-state index is 11.9. The highest BCUT2D eigenvalue weighted by atomic mass is 16.1. The lowest BCUT2D eigenvalue weighted by molar-refractivity contribution is -0.125. The van der Waals surface area contributed by atoms with Gasteiger partial charge in [-0.2, -0.15) is 0 Å². The fraction of sp³-hybridized carbons (Fsp3) is 0.562. The van der Waals surface area contributed by atoms with Crippen LogP contribution in [0.3, 0.4) is 0 Å². The molecule has 3 unspecified atom stereocenters. The van der Waals surface area contributed by atoms with Crippen molar-refractivity contribution in [3.05, 3.63) is 35.4 Å². The van der Waals surface area contributed by atoms with Gasteiger partial charge in [0.25, 0.3) is 0 Å². The lowest BCUT2D eigenvalue weighted by Crippen LogP contribution is -2.28. The van der Waals surface area contributed by atoms with Gasteiger partial charge in [-0.3, -0.25) is 4.79 Å². The smallest absolute Gasteiger partial charge is 0.136 e. The number of rotatable bonds is 2. The Kier molecular flexibility index (Phi) is 2.78. The van der Waals surface area contributed by atoms with Crippen molar-refractivity contribution in [2.24, 2.45) is 11.8 Å². The molecule has 90 valence electrons. The molecule has 0 aliphatic heterocycles. The number of carbonyl (C=O) groups is 1. The molecule has 0 bridgehead atoms. The number of carbonyl (C=O) groups excluding carboxylic acids is 1. The monoisotopic (exact) mass is 228 g/mol. The van der Waals surface area contributed by atoms with E-state index in [2.05, 4.69) is 31.2 Å². The van der Waals surface area contributed by atoms with E-state index in [4.69, 9.17) is 0 Å². The van der Waals surface area contributed by atoms with Gasteiger partial charge in [0.2, 0.25) is 0 Å². The molecule has 0 spiro atoms. The molecule has 2 aliphatic rings. The molecule has 0 N–H and O–H groups in total. The third-order valence-electron chi connectivity index (χ3n) is 4.56. The minimum atomic E-state index is 0.345. The number of hydrogen-bond acceptors (Lipinski definition) is 1. The third kappa shape index (κ3) is 2.03. The van der Waals surface area contributed by atoms with Gasteiger partial charge in [0.15, 0.2) is 0 Å². The predicted octanol–water partition coefficient (Wildman–Crippen LogP) is 3.72. The molecule has 0 amide bonds. The lowest BCUT2D eigenvalue weighted by atomic mass is 9.69. The minimum absolute atomic E-state index is 0.345. The summed E-state index contributed by atoms with van der Waals surface area (Å²) in [5.41, 5.74) is 2.99.